The van der Waals surface area contributed by atoms with E-state index in [2.05, 4.69) is 11.0 Å². The summed E-state index contributed by atoms with van der Waals surface area (Å²) in [5.74, 6) is 0.770. The number of nitrogens with zero attached hydrogens (tertiary/aromatic N) is 3. The molecule has 34 heavy (non-hydrogen) atoms. The zero-order valence-corrected chi connectivity index (χ0v) is 20.7. The second kappa shape index (κ2) is 11.1. The summed E-state index contributed by atoms with van der Waals surface area (Å²) in [5, 5.41) is 2.91. The fraction of sp³-hybridized carbons (Fsp3) is 0.308. The minimum atomic E-state index is -0.0197. The molecule has 1 fully saturated rings. The van der Waals surface area contributed by atoms with E-state index in [0.717, 1.165) is 71.1 Å². The molecule has 5 rings (SSSR count). The van der Waals surface area contributed by atoms with Crippen molar-refractivity contribution in [2.24, 2.45) is 0 Å². The quantitative estimate of drug-likeness (QED) is 0.349. The third kappa shape index (κ3) is 5.33. The molecule has 0 radical (unpaired) electrons. The Bertz CT molecular complexity index is 1270. The standard InChI is InChI=1S/C26H27N3O3S.ClH/c1-31-22-9-10-23-24(18-22)33-26(27-23)29(12-4-11-28-13-15-32-16-14-28)25(30)21-8-7-19-5-2-3-6-20(19)17-21;/h2-3,5-10,17-18H,4,11-16H2,1H3;1H. The van der Waals surface area contributed by atoms with Crippen LogP contribution in [0.3, 0.4) is 0 Å². The molecule has 0 spiro atoms. The first-order chi connectivity index (χ1) is 16.2. The molecule has 4 aromatic rings. The average molecular weight is 498 g/mol. The molecule has 0 bridgehead atoms. The predicted molar refractivity (Wildman–Crippen MR) is 141 cm³/mol. The van der Waals surface area contributed by atoms with E-state index in [1.165, 1.54) is 11.3 Å². The Hall–Kier alpha value is -2.71. The number of methoxy groups -OCH3 is 1. The Labute approximate surface area is 209 Å². The Morgan fingerprint density at radius 2 is 1.88 bits per heavy atom. The lowest BCUT2D eigenvalue weighted by atomic mass is 10.1. The average Bonchev–Trinajstić information content (AvgIpc) is 3.29. The van der Waals surface area contributed by atoms with Crippen LogP contribution in [-0.4, -0.2) is 62.3 Å². The van der Waals surface area contributed by atoms with Crippen LogP contribution in [0.4, 0.5) is 5.13 Å². The number of morpholine rings is 1. The third-order valence-corrected chi connectivity index (χ3v) is 7.06. The molecule has 1 aromatic heterocycles. The van der Waals surface area contributed by atoms with Gasteiger partial charge < -0.3 is 9.47 Å². The number of carbonyl (C=O) groups excluding carboxylic acids is 1. The van der Waals surface area contributed by atoms with Gasteiger partial charge in [-0.25, -0.2) is 4.98 Å². The van der Waals surface area contributed by atoms with Gasteiger partial charge >= 0.3 is 0 Å². The normalized spacial score (nSPS) is 14.1. The van der Waals surface area contributed by atoms with Gasteiger partial charge in [0.2, 0.25) is 0 Å². The zero-order chi connectivity index (χ0) is 22.6. The number of benzene rings is 3. The van der Waals surface area contributed by atoms with Crippen LogP contribution in [0.15, 0.2) is 60.7 Å². The molecule has 0 aliphatic carbocycles. The largest absolute Gasteiger partial charge is 0.497 e. The maximum atomic E-state index is 13.7. The number of amides is 1. The van der Waals surface area contributed by atoms with Gasteiger partial charge in [-0.1, -0.05) is 41.7 Å². The molecule has 1 amide bonds. The van der Waals surface area contributed by atoms with Gasteiger partial charge in [0.25, 0.3) is 5.91 Å². The number of halogens is 1. The van der Waals surface area contributed by atoms with E-state index in [4.69, 9.17) is 14.5 Å². The molecule has 6 nitrogen and oxygen atoms in total. The van der Waals surface area contributed by atoms with Crippen molar-refractivity contribution in [2.75, 3.05) is 51.4 Å². The predicted octanol–water partition coefficient (Wildman–Crippen LogP) is 5.25. The third-order valence-electron chi connectivity index (χ3n) is 6.02. The van der Waals surface area contributed by atoms with E-state index in [1.807, 2.05) is 59.5 Å². The Kier molecular flexibility index (Phi) is 8.00. The molecule has 0 saturated carbocycles. The van der Waals surface area contributed by atoms with Gasteiger partial charge in [-0.15, -0.1) is 12.4 Å². The van der Waals surface area contributed by atoms with Crippen molar-refractivity contribution in [3.63, 3.8) is 0 Å². The van der Waals surface area contributed by atoms with Crippen LogP contribution >= 0.6 is 23.7 Å². The van der Waals surface area contributed by atoms with E-state index in [0.29, 0.717) is 12.1 Å². The first-order valence-electron chi connectivity index (χ1n) is 11.3. The molecule has 0 N–H and O–H groups in total. The Balaban J connectivity index is 0.00000274. The number of hydrogen-bond acceptors (Lipinski definition) is 6. The summed E-state index contributed by atoms with van der Waals surface area (Å²) >= 11 is 1.53. The first kappa shape index (κ1) is 24.4. The van der Waals surface area contributed by atoms with Crippen molar-refractivity contribution in [3.05, 3.63) is 66.2 Å². The molecule has 2 heterocycles. The van der Waals surface area contributed by atoms with Crippen molar-refractivity contribution in [1.82, 2.24) is 9.88 Å². The topological polar surface area (TPSA) is 54.9 Å². The van der Waals surface area contributed by atoms with E-state index in [1.54, 1.807) is 7.11 Å². The van der Waals surface area contributed by atoms with E-state index in [-0.39, 0.29) is 18.3 Å². The van der Waals surface area contributed by atoms with Crippen LogP contribution < -0.4 is 9.64 Å². The van der Waals surface area contributed by atoms with Gasteiger partial charge in [-0.2, -0.15) is 0 Å². The highest BCUT2D eigenvalue weighted by Crippen LogP contribution is 2.32. The first-order valence-corrected chi connectivity index (χ1v) is 12.1. The van der Waals surface area contributed by atoms with Crippen molar-refractivity contribution in [2.45, 2.75) is 6.42 Å². The maximum absolute atomic E-state index is 13.7. The number of ether oxygens (including phenoxy) is 2. The molecule has 178 valence electrons. The number of aromatic nitrogens is 1. The SMILES string of the molecule is COc1ccc2nc(N(CCCN3CCOCC3)C(=O)c3ccc4ccccc4c3)sc2c1.Cl. The molecule has 8 heteroatoms. The smallest absolute Gasteiger partial charge is 0.260 e. The maximum Gasteiger partial charge on any atom is 0.260 e. The lowest BCUT2D eigenvalue weighted by Crippen LogP contribution is -2.39. The molecule has 3 aromatic carbocycles. The number of anilines is 1. The molecule has 1 saturated heterocycles. The van der Waals surface area contributed by atoms with Crippen LogP contribution in [0.25, 0.3) is 21.0 Å². The molecule has 0 unspecified atom stereocenters. The summed E-state index contributed by atoms with van der Waals surface area (Å²) < 4.78 is 11.8. The number of fused-ring (bicyclic) bond motifs is 2. The summed E-state index contributed by atoms with van der Waals surface area (Å²) in [7, 11) is 1.66. The van der Waals surface area contributed by atoms with Gasteiger partial charge in [-0.05, 0) is 47.5 Å². The van der Waals surface area contributed by atoms with Crippen LogP contribution in [-0.2, 0) is 4.74 Å². The molecular formula is C26H28ClN3O3S. The van der Waals surface area contributed by atoms with Crippen LogP contribution in [0.2, 0.25) is 0 Å². The summed E-state index contributed by atoms with van der Waals surface area (Å²) in [6.45, 7) is 4.99. The van der Waals surface area contributed by atoms with E-state index < -0.39 is 0 Å². The van der Waals surface area contributed by atoms with Gasteiger partial charge in [0.05, 0.1) is 30.5 Å². The Morgan fingerprint density at radius 3 is 2.68 bits per heavy atom. The fourth-order valence-electron chi connectivity index (χ4n) is 4.17. The summed E-state index contributed by atoms with van der Waals surface area (Å²) in [4.78, 5) is 22.7. The van der Waals surface area contributed by atoms with Gasteiger partial charge in [0, 0.05) is 31.7 Å². The van der Waals surface area contributed by atoms with Crippen molar-refractivity contribution in [1.29, 1.82) is 0 Å². The highest BCUT2D eigenvalue weighted by molar-refractivity contribution is 7.22. The highest BCUT2D eigenvalue weighted by Gasteiger charge is 2.22. The monoisotopic (exact) mass is 497 g/mol. The minimum Gasteiger partial charge on any atom is -0.497 e. The van der Waals surface area contributed by atoms with Crippen molar-refractivity contribution in [3.8, 4) is 5.75 Å². The van der Waals surface area contributed by atoms with Gasteiger partial charge in [0.1, 0.15) is 5.75 Å². The lowest BCUT2D eigenvalue weighted by molar-refractivity contribution is 0.0376. The fourth-order valence-corrected chi connectivity index (χ4v) is 5.19. The summed E-state index contributed by atoms with van der Waals surface area (Å²) in [6, 6.07) is 19.8. The second-order valence-corrected chi connectivity index (χ2v) is 9.17. The van der Waals surface area contributed by atoms with Gasteiger partial charge in [0.15, 0.2) is 5.13 Å². The van der Waals surface area contributed by atoms with Gasteiger partial charge in [-0.3, -0.25) is 14.6 Å². The number of hydrogen-bond donors (Lipinski definition) is 0. The number of rotatable bonds is 7. The summed E-state index contributed by atoms with van der Waals surface area (Å²) in [5.41, 5.74) is 1.55. The second-order valence-electron chi connectivity index (χ2n) is 8.16. The van der Waals surface area contributed by atoms with Crippen LogP contribution in [0, 0.1) is 0 Å². The minimum absolute atomic E-state index is 0. The molecule has 1 aliphatic rings. The molecule has 1 aliphatic heterocycles. The Morgan fingerprint density at radius 1 is 1.09 bits per heavy atom. The molecular weight excluding hydrogens is 470 g/mol. The highest BCUT2D eigenvalue weighted by atomic mass is 35.5. The van der Waals surface area contributed by atoms with Crippen molar-refractivity contribution >= 4 is 55.8 Å². The zero-order valence-electron chi connectivity index (χ0n) is 19.1. The number of thiazole rings is 1. The van der Waals surface area contributed by atoms with Crippen molar-refractivity contribution < 1.29 is 14.3 Å². The van der Waals surface area contributed by atoms with Crippen LogP contribution in [0.1, 0.15) is 16.8 Å². The van der Waals surface area contributed by atoms with E-state index in [9.17, 15) is 4.79 Å². The summed E-state index contributed by atoms with van der Waals surface area (Å²) in [6.07, 6.45) is 0.874. The number of carbonyl (C=O) groups is 1. The lowest BCUT2D eigenvalue weighted by Gasteiger charge is -2.27. The van der Waals surface area contributed by atoms with Crippen LogP contribution in [0.5, 0.6) is 5.75 Å². The van der Waals surface area contributed by atoms with E-state index >= 15 is 0 Å². The molecule has 0 atom stereocenters.